The molecule has 2 aromatic rings. The summed E-state index contributed by atoms with van der Waals surface area (Å²) >= 11 is 0. The highest BCUT2D eigenvalue weighted by Crippen LogP contribution is 2.14. The fourth-order valence-electron chi connectivity index (χ4n) is 2.52. The Labute approximate surface area is 138 Å². The monoisotopic (exact) mass is 314 g/mol. The SMILES string of the molecule is Cc1cnn(C[C@@H](C)N[C@H](C(=O)NC(C)C)c2ccccc2)c1. The van der Waals surface area contributed by atoms with E-state index in [1.165, 1.54) is 0 Å². The predicted octanol–water partition coefficient (Wildman–Crippen LogP) is 2.44. The molecule has 0 aliphatic rings. The van der Waals surface area contributed by atoms with Crippen molar-refractivity contribution in [1.82, 2.24) is 20.4 Å². The maximum atomic E-state index is 12.6. The molecule has 0 fully saturated rings. The minimum absolute atomic E-state index is 0.00491. The number of aromatic nitrogens is 2. The van der Waals surface area contributed by atoms with E-state index >= 15 is 0 Å². The molecule has 124 valence electrons. The van der Waals surface area contributed by atoms with Crippen molar-refractivity contribution in [2.45, 2.75) is 52.4 Å². The predicted molar refractivity (Wildman–Crippen MR) is 92.0 cm³/mol. The van der Waals surface area contributed by atoms with Gasteiger partial charge < -0.3 is 5.32 Å². The minimum atomic E-state index is -0.370. The molecule has 0 spiro atoms. The summed E-state index contributed by atoms with van der Waals surface area (Å²) in [6, 6.07) is 9.66. The van der Waals surface area contributed by atoms with Gasteiger partial charge in [-0.1, -0.05) is 30.3 Å². The van der Waals surface area contributed by atoms with Crippen molar-refractivity contribution in [2.24, 2.45) is 0 Å². The normalized spacial score (nSPS) is 13.8. The van der Waals surface area contributed by atoms with Crippen molar-refractivity contribution < 1.29 is 4.79 Å². The van der Waals surface area contributed by atoms with Gasteiger partial charge in [0.05, 0.1) is 12.7 Å². The van der Waals surface area contributed by atoms with Crippen LogP contribution < -0.4 is 10.6 Å². The fraction of sp³-hybridized carbons (Fsp3) is 0.444. The number of nitrogens with zero attached hydrogens (tertiary/aromatic N) is 2. The van der Waals surface area contributed by atoms with E-state index in [-0.39, 0.29) is 24.0 Å². The van der Waals surface area contributed by atoms with Gasteiger partial charge in [0, 0.05) is 18.3 Å². The fourth-order valence-corrected chi connectivity index (χ4v) is 2.52. The molecule has 0 saturated heterocycles. The van der Waals surface area contributed by atoms with Crippen molar-refractivity contribution in [3.8, 4) is 0 Å². The van der Waals surface area contributed by atoms with Gasteiger partial charge in [0.15, 0.2) is 0 Å². The van der Waals surface area contributed by atoms with Crippen LogP contribution in [0.5, 0.6) is 0 Å². The Morgan fingerprint density at radius 1 is 1.22 bits per heavy atom. The molecule has 0 radical (unpaired) electrons. The van der Waals surface area contributed by atoms with Gasteiger partial charge >= 0.3 is 0 Å². The smallest absolute Gasteiger partial charge is 0.241 e. The van der Waals surface area contributed by atoms with Gasteiger partial charge in [-0.25, -0.2) is 0 Å². The van der Waals surface area contributed by atoms with Crippen LogP contribution in [0, 0.1) is 6.92 Å². The zero-order valence-electron chi connectivity index (χ0n) is 14.3. The molecule has 0 saturated carbocycles. The van der Waals surface area contributed by atoms with Crippen molar-refractivity contribution in [3.05, 3.63) is 53.9 Å². The Kier molecular flexibility index (Phi) is 5.93. The lowest BCUT2D eigenvalue weighted by molar-refractivity contribution is -0.124. The van der Waals surface area contributed by atoms with Gasteiger partial charge in [0.25, 0.3) is 0 Å². The van der Waals surface area contributed by atoms with Crippen LogP contribution in [0.4, 0.5) is 0 Å². The van der Waals surface area contributed by atoms with Gasteiger partial charge in [0.2, 0.25) is 5.91 Å². The number of aryl methyl sites for hydroxylation is 1. The summed E-state index contributed by atoms with van der Waals surface area (Å²) in [6.07, 6.45) is 3.84. The van der Waals surface area contributed by atoms with Crippen molar-refractivity contribution in [2.75, 3.05) is 0 Å². The summed E-state index contributed by atoms with van der Waals surface area (Å²) in [5.41, 5.74) is 2.10. The Morgan fingerprint density at radius 3 is 2.48 bits per heavy atom. The maximum Gasteiger partial charge on any atom is 0.241 e. The summed E-state index contributed by atoms with van der Waals surface area (Å²) < 4.78 is 1.90. The largest absolute Gasteiger partial charge is 0.352 e. The number of hydrogen-bond donors (Lipinski definition) is 2. The summed E-state index contributed by atoms with van der Waals surface area (Å²) in [7, 11) is 0. The number of carbonyl (C=O) groups excluding carboxylic acids is 1. The van der Waals surface area contributed by atoms with Gasteiger partial charge in [-0.2, -0.15) is 5.10 Å². The van der Waals surface area contributed by atoms with E-state index in [0.717, 1.165) is 11.1 Å². The van der Waals surface area contributed by atoms with Gasteiger partial charge in [0.1, 0.15) is 6.04 Å². The molecule has 1 heterocycles. The molecule has 1 aromatic heterocycles. The number of amides is 1. The van der Waals surface area contributed by atoms with Crippen molar-refractivity contribution in [1.29, 1.82) is 0 Å². The van der Waals surface area contributed by atoms with Crippen molar-refractivity contribution in [3.63, 3.8) is 0 Å². The Balaban J connectivity index is 2.09. The third-order valence-corrected chi connectivity index (χ3v) is 3.50. The van der Waals surface area contributed by atoms with Crippen LogP contribution >= 0.6 is 0 Å². The van der Waals surface area contributed by atoms with Crippen LogP contribution in [0.2, 0.25) is 0 Å². The number of hydrogen-bond acceptors (Lipinski definition) is 3. The van der Waals surface area contributed by atoms with E-state index in [2.05, 4.69) is 22.7 Å². The molecular weight excluding hydrogens is 288 g/mol. The highest BCUT2D eigenvalue weighted by molar-refractivity contribution is 5.83. The summed E-state index contributed by atoms with van der Waals surface area (Å²) in [5, 5.41) is 10.7. The third kappa shape index (κ3) is 5.21. The molecule has 1 aromatic carbocycles. The Morgan fingerprint density at radius 2 is 1.91 bits per heavy atom. The number of carbonyl (C=O) groups is 1. The first-order chi connectivity index (χ1) is 11.0. The zero-order valence-corrected chi connectivity index (χ0v) is 14.3. The molecule has 5 heteroatoms. The lowest BCUT2D eigenvalue weighted by Crippen LogP contribution is -2.44. The molecule has 0 bridgehead atoms. The molecule has 2 rings (SSSR count). The topological polar surface area (TPSA) is 59.0 Å². The highest BCUT2D eigenvalue weighted by Gasteiger charge is 2.22. The molecule has 2 atom stereocenters. The van der Waals surface area contributed by atoms with Gasteiger partial charge in [-0.05, 0) is 38.8 Å². The van der Waals surface area contributed by atoms with Crippen molar-refractivity contribution >= 4 is 5.91 Å². The quantitative estimate of drug-likeness (QED) is 0.825. The summed E-state index contributed by atoms with van der Waals surface area (Å²) in [5.74, 6) is -0.00491. The Hall–Kier alpha value is -2.14. The van der Waals surface area contributed by atoms with Crippen LogP contribution in [-0.2, 0) is 11.3 Å². The second-order valence-electron chi connectivity index (χ2n) is 6.31. The lowest BCUT2D eigenvalue weighted by atomic mass is 10.0. The minimum Gasteiger partial charge on any atom is -0.352 e. The van der Waals surface area contributed by atoms with Crippen LogP contribution in [-0.4, -0.2) is 27.8 Å². The molecule has 1 amide bonds. The second-order valence-corrected chi connectivity index (χ2v) is 6.31. The molecular formula is C18H26N4O. The maximum absolute atomic E-state index is 12.6. The molecule has 5 nitrogen and oxygen atoms in total. The first kappa shape index (κ1) is 17.2. The van der Waals surface area contributed by atoms with Crippen LogP contribution in [0.15, 0.2) is 42.7 Å². The first-order valence-corrected chi connectivity index (χ1v) is 8.06. The average Bonchev–Trinajstić information content (AvgIpc) is 2.90. The van der Waals surface area contributed by atoms with E-state index < -0.39 is 0 Å². The lowest BCUT2D eigenvalue weighted by Gasteiger charge is -2.24. The van der Waals surface area contributed by atoms with Gasteiger partial charge in [-0.3, -0.25) is 14.8 Å². The Bertz CT molecular complexity index is 621. The second kappa shape index (κ2) is 7.92. The van der Waals surface area contributed by atoms with E-state index in [1.54, 1.807) is 0 Å². The van der Waals surface area contributed by atoms with Crippen LogP contribution in [0.3, 0.4) is 0 Å². The van der Waals surface area contributed by atoms with Gasteiger partial charge in [-0.15, -0.1) is 0 Å². The standard InChI is InChI=1S/C18H26N4O/c1-13(2)20-18(23)17(16-8-6-5-7-9-16)21-15(4)12-22-11-14(3)10-19-22/h5-11,13,15,17,21H,12H2,1-4H3,(H,20,23)/t15-,17+/m1/s1. The average molecular weight is 314 g/mol. The third-order valence-electron chi connectivity index (χ3n) is 3.50. The molecule has 0 unspecified atom stereocenters. The zero-order chi connectivity index (χ0) is 16.8. The first-order valence-electron chi connectivity index (χ1n) is 8.06. The number of rotatable bonds is 7. The van der Waals surface area contributed by atoms with Crippen LogP contribution in [0.1, 0.15) is 37.9 Å². The van der Waals surface area contributed by atoms with E-state index in [0.29, 0.717) is 6.54 Å². The summed E-state index contributed by atoms with van der Waals surface area (Å²) in [4.78, 5) is 12.6. The van der Waals surface area contributed by atoms with E-state index in [9.17, 15) is 4.79 Å². The molecule has 0 aliphatic heterocycles. The molecule has 0 aliphatic carbocycles. The summed E-state index contributed by atoms with van der Waals surface area (Å²) in [6.45, 7) is 8.73. The molecule has 2 N–H and O–H groups in total. The number of nitrogens with one attached hydrogen (secondary N) is 2. The highest BCUT2D eigenvalue weighted by atomic mass is 16.2. The van der Waals surface area contributed by atoms with E-state index in [4.69, 9.17) is 0 Å². The number of benzene rings is 1. The van der Waals surface area contributed by atoms with E-state index in [1.807, 2.05) is 68.2 Å². The van der Waals surface area contributed by atoms with Crippen LogP contribution in [0.25, 0.3) is 0 Å². The molecule has 23 heavy (non-hydrogen) atoms.